The highest BCUT2D eigenvalue weighted by atomic mass is 19.4. The van der Waals surface area contributed by atoms with E-state index in [4.69, 9.17) is 9.47 Å². The second kappa shape index (κ2) is 6.66. The van der Waals surface area contributed by atoms with E-state index in [1.165, 1.54) is 0 Å². The molecule has 0 aromatic heterocycles. The maximum atomic E-state index is 13.5. The number of rotatable bonds is 1. The van der Waals surface area contributed by atoms with E-state index in [2.05, 4.69) is 9.98 Å². The molecule has 0 unspecified atom stereocenters. The fourth-order valence-electron chi connectivity index (χ4n) is 2.46. The van der Waals surface area contributed by atoms with Crippen LogP contribution in [-0.2, 0) is 9.47 Å². The second-order valence-electron chi connectivity index (χ2n) is 5.69. The van der Waals surface area contributed by atoms with Crippen molar-refractivity contribution in [2.75, 3.05) is 26.3 Å². The maximum absolute atomic E-state index is 13.5. The van der Waals surface area contributed by atoms with Crippen molar-refractivity contribution >= 4 is 11.9 Å². The van der Waals surface area contributed by atoms with Gasteiger partial charge < -0.3 is 14.4 Å². The van der Waals surface area contributed by atoms with Crippen LogP contribution in [0.25, 0.3) is 0 Å². The van der Waals surface area contributed by atoms with Crippen LogP contribution in [0.5, 0.6) is 0 Å². The number of aliphatic imine (C=N–C) groups is 2. The SMILES string of the molecule is Fc1ccc(C2=NC(C(F)(F)F)(C(F)(F)F)N=C(N3CCOCC3)O2)cc1. The minimum atomic E-state index is -5.88. The molecule has 3 rings (SSSR count). The predicted molar refractivity (Wildman–Crippen MR) is 78.7 cm³/mol. The van der Waals surface area contributed by atoms with Gasteiger partial charge in [-0.1, -0.05) is 0 Å². The molecule has 1 fully saturated rings. The first-order valence-corrected chi connectivity index (χ1v) is 7.63. The molecular weight excluding hydrogens is 387 g/mol. The van der Waals surface area contributed by atoms with Gasteiger partial charge in [-0.25, -0.2) is 9.38 Å². The first kappa shape index (κ1) is 19.4. The Morgan fingerprint density at radius 3 is 1.96 bits per heavy atom. The van der Waals surface area contributed by atoms with Crippen LogP contribution in [0.4, 0.5) is 30.7 Å². The summed E-state index contributed by atoms with van der Waals surface area (Å²) in [6.07, 6.45) is -11.8. The summed E-state index contributed by atoms with van der Waals surface area (Å²) in [5.74, 6) is -1.68. The second-order valence-corrected chi connectivity index (χ2v) is 5.69. The zero-order valence-corrected chi connectivity index (χ0v) is 13.4. The monoisotopic (exact) mass is 399 g/mol. The number of halogens is 7. The number of nitrogens with zero attached hydrogens (tertiary/aromatic N) is 3. The lowest BCUT2D eigenvalue weighted by Gasteiger charge is -2.37. The minimum Gasteiger partial charge on any atom is -0.406 e. The molecule has 2 heterocycles. The summed E-state index contributed by atoms with van der Waals surface area (Å²) < 4.78 is 104. The van der Waals surface area contributed by atoms with E-state index in [0.29, 0.717) is 0 Å². The first-order chi connectivity index (χ1) is 12.5. The molecule has 5 nitrogen and oxygen atoms in total. The molecular formula is C15H12F7N3O2. The quantitative estimate of drug-likeness (QED) is 0.682. The fourth-order valence-corrected chi connectivity index (χ4v) is 2.46. The van der Waals surface area contributed by atoms with Crippen molar-refractivity contribution < 1.29 is 40.2 Å². The van der Waals surface area contributed by atoms with E-state index < -0.39 is 35.8 Å². The Balaban J connectivity index is 2.14. The van der Waals surface area contributed by atoms with Crippen molar-refractivity contribution in [2.45, 2.75) is 18.0 Å². The van der Waals surface area contributed by atoms with Gasteiger partial charge in [-0.05, 0) is 24.3 Å². The van der Waals surface area contributed by atoms with Gasteiger partial charge >= 0.3 is 18.0 Å². The van der Waals surface area contributed by atoms with Gasteiger partial charge in [-0.15, -0.1) is 0 Å². The van der Waals surface area contributed by atoms with Gasteiger partial charge in [0.1, 0.15) is 5.82 Å². The average Bonchev–Trinajstić information content (AvgIpc) is 2.61. The van der Waals surface area contributed by atoms with Crippen LogP contribution in [0.2, 0.25) is 0 Å². The standard InChI is InChI=1S/C15H12F7N3O2/c16-10-3-1-9(2-4-10)11-23-13(14(17,18)19,15(20,21)22)24-12(27-11)25-5-7-26-8-6-25/h1-4H,5-8H2. The van der Waals surface area contributed by atoms with Crippen molar-refractivity contribution in [3.8, 4) is 0 Å². The third kappa shape index (κ3) is 3.57. The van der Waals surface area contributed by atoms with Gasteiger partial charge in [0.05, 0.1) is 13.2 Å². The normalized spacial score (nSPS) is 20.6. The van der Waals surface area contributed by atoms with Crippen molar-refractivity contribution in [1.29, 1.82) is 0 Å². The van der Waals surface area contributed by atoms with Gasteiger partial charge in [0.25, 0.3) is 6.02 Å². The topological polar surface area (TPSA) is 46.4 Å². The highest BCUT2D eigenvalue weighted by Crippen LogP contribution is 2.48. The summed E-state index contributed by atoms with van der Waals surface area (Å²) in [4.78, 5) is 6.71. The van der Waals surface area contributed by atoms with Crippen LogP contribution in [0.1, 0.15) is 5.56 Å². The lowest BCUT2D eigenvalue weighted by Crippen LogP contribution is -2.58. The number of amidine groups is 1. The largest absolute Gasteiger partial charge is 0.443 e. The van der Waals surface area contributed by atoms with Crippen molar-refractivity contribution in [3.05, 3.63) is 35.6 Å². The van der Waals surface area contributed by atoms with E-state index in [0.717, 1.165) is 29.2 Å². The van der Waals surface area contributed by atoms with E-state index in [1.54, 1.807) is 0 Å². The van der Waals surface area contributed by atoms with Crippen LogP contribution in [0, 0.1) is 5.82 Å². The number of hydrogen-bond donors (Lipinski definition) is 0. The Morgan fingerprint density at radius 2 is 1.44 bits per heavy atom. The van der Waals surface area contributed by atoms with Gasteiger partial charge in [0.2, 0.25) is 5.90 Å². The van der Waals surface area contributed by atoms with E-state index in [9.17, 15) is 30.7 Å². The van der Waals surface area contributed by atoms with E-state index >= 15 is 0 Å². The molecule has 2 aliphatic heterocycles. The van der Waals surface area contributed by atoms with Crippen molar-refractivity contribution in [3.63, 3.8) is 0 Å². The molecule has 1 aromatic carbocycles. The number of alkyl halides is 6. The smallest absolute Gasteiger partial charge is 0.406 e. The lowest BCUT2D eigenvalue weighted by molar-refractivity contribution is -0.293. The summed E-state index contributed by atoms with van der Waals surface area (Å²) in [6, 6.07) is 2.79. The number of hydrogen-bond acceptors (Lipinski definition) is 5. The Labute approximate surface area is 148 Å². The minimum absolute atomic E-state index is 0.0126. The zero-order chi connectivity index (χ0) is 19.9. The summed E-state index contributed by atoms with van der Waals surface area (Å²) in [5, 5.41) is 0. The molecule has 1 aromatic rings. The van der Waals surface area contributed by atoms with Crippen LogP contribution < -0.4 is 0 Å². The lowest BCUT2D eigenvalue weighted by atomic mass is 10.1. The Morgan fingerprint density at radius 1 is 0.889 bits per heavy atom. The van der Waals surface area contributed by atoms with Gasteiger partial charge in [0, 0.05) is 18.7 Å². The number of morpholine rings is 1. The van der Waals surface area contributed by atoms with Gasteiger partial charge in [0.15, 0.2) is 0 Å². The Kier molecular flexibility index (Phi) is 4.78. The van der Waals surface area contributed by atoms with Crippen LogP contribution >= 0.6 is 0 Å². The molecule has 0 aliphatic carbocycles. The van der Waals surface area contributed by atoms with E-state index in [1.807, 2.05) is 0 Å². The molecule has 0 radical (unpaired) electrons. The first-order valence-electron chi connectivity index (χ1n) is 7.63. The summed E-state index contributed by atoms with van der Waals surface area (Å²) in [7, 11) is 0. The summed E-state index contributed by atoms with van der Waals surface area (Å²) >= 11 is 0. The third-order valence-electron chi connectivity index (χ3n) is 3.87. The Hall–Kier alpha value is -2.37. The molecule has 2 aliphatic rings. The summed E-state index contributed by atoms with van der Waals surface area (Å²) in [5.41, 5.74) is -4.98. The number of benzene rings is 1. The fraction of sp³-hybridized carbons (Fsp3) is 0.467. The molecule has 0 atom stereocenters. The summed E-state index contributed by atoms with van der Waals surface area (Å²) in [6.45, 7) is 0.134. The molecule has 0 N–H and O–H groups in total. The molecule has 1 saturated heterocycles. The Bertz CT molecular complexity index is 736. The molecule has 0 saturated carbocycles. The van der Waals surface area contributed by atoms with Gasteiger partial charge in [-0.3, -0.25) is 0 Å². The third-order valence-corrected chi connectivity index (χ3v) is 3.87. The predicted octanol–water partition coefficient (Wildman–Crippen LogP) is 3.11. The van der Waals surface area contributed by atoms with E-state index in [-0.39, 0.29) is 31.9 Å². The molecule has 12 heteroatoms. The highest BCUT2D eigenvalue weighted by molar-refractivity contribution is 6.02. The average molecular weight is 399 g/mol. The number of ether oxygens (including phenoxy) is 2. The van der Waals surface area contributed by atoms with Crippen LogP contribution in [-0.4, -0.2) is 61.1 Å². The van der Waals surface area contributed by atoms with Crippen molar-refractivity contribution in [2.24, 2.45) is 9.98 Å². The van der Waals surface area contributed by atoms with Crippen LogP contribution in [0.15, 0.2) is 34.3 Å². The molecule has 27 heavy (non-hydrogen) atoms. The molecule has 0 amide bonds. The molecule has 0 bridgehead atoms. The molecule has 0 spiro atoms. The zero-order valence-electron chi connectivity index (χ0n) is 13.4. The van der Waals surface area contributed by atoms with Crippen LogP contribution in [0.3, 0.4) is 0 Å². The van der Waals surface area contributed by atoms with Gasteiger partial charge in [-0.2, -0.15) is 31.3 Å². The highest BCUT2D eigenvalue weighted by Gasteiger charge is 2.74. The maximum Gasteiger partial charge on any atom is 0.443 e. The molecule has 148 valence electrons. The van der Waals surface area contributed by atoms with Crippen molar-refractivity contribution in [1.82, 2.24) is 4.90 Å².